The summed E-state index contributed by atoms with van der Waals surface area (Å²) in [5.41, 5.74) is 2.25. The van der Waals surface area contributed by atoms with Gasteiger partial charge in [-0.25, -0.2) is 0 Å². The molecule has 2 aromatic carbocycles. The Morgan fingerprint density at radius 2 is 1.80 bits per heavy atom. The number of likely N-dealkylation sites (tertiary alicyclic amines) is 1. The van der Waals surface area contributed by atoms with Gasteiger partial charge in [0.1, 0.15) is 5.75 Å². The second-order valence-electron chi connectivity index (χ2n) is 8.03. The van der Waals surface area contributed by atoms with Crippen LogP contribution in [0.15, 0.2) is 54.6 Å². The van der Waals surface area contributed by atoms with Gasteiger partial charge in [-0.05, 0) is 56.0 Å². The first-order chi connectivity index (χ1) is 14.6. The first kappa shape index (κ1) is 22.0. The summed E-state index contributed by atoms with van der Waals surface area (Å²) in [6.07, 6.45) is 4.96. The van der Waals surface area contributed by atoms with Crippen molar-refractivity contribution in [3.8, 4) is 5.75 Å². The van der Waals surface area contributed by atoms with E-state index in [4.69, 9.17) is 4.74 Å². The van der Waals surface area contributed by atoms with Crippen LogP contribution in [0, 0.1) is 0 Å². The summed E-state index contributed by atoms with van der Waals surface area (Å²) >= 11 is 0. The molecular weight excluding hydrogens is 376 g/mol. The molecule has 30 heavy (non-hydrogen) atoms. The lowest BCUT2D eigenvalue weighted by Gasteiger charge is -2.30. The Bertz CT molecular complexity index is 820. The molecule has 1 saturated heterocycles. The first-order valence-corrected chi connectivity index (χ1v) is 10.8. The highest BCUT2D eigenvalue weighted by molar-refractivity contribution is 5.88. The summed E-state index contributed by atoms with van der Waals surface area (Å²) in [7, 11) is 1.66. The predicted molar refractivity (Wildman–Crippen MR) is 119 cm³/mol. The van der Waals surface area contributed by atoms with Gasteiger partial charge in [-0.2, -0.15) is 0 Å². The second-order valence-corrected chi connectivity index (χ2v) is 8.03. The average molecular weight is 409 g/mol. The third-order valence-corrected chi connectivity index (χ3v) is 5.82. The Hall–Kier alpha value is -2.66. The maximum Gasteiger partial charge on any atom is 0.234 e. The number of benzene rings is 2. The summed E-state index contributed by atoms with van der Waals surface area (Å²) in [6, 6.07) is 17.7. The van der Waals surface area contributed by atoms with Crippen LogP contribution in [0.5, 0.6) is 5.75 Å². The molecule has 0 bridgehead atoms. The van der Waals surface area contributed by atoms with Gasteiger partial charge in [0.05, 0.1) is 19.7 Å². The first-order valence-electron chi connectivity index (χ1n) is 10.8. The molecule has 5 nitrogen and oxygen atoms in total. The SMILES string of the molecule is COc1ccc(C2CCCCCN2CC(=O)NC(Cc2ccccc2)C(C)=O)cc1. The molecule has 1 N–H and O–H groups in total. The normalized spacial score (nSPS) is 18.3. The lowest BCUT2D eigenvalue weighted by Crippen LogP contribution is -2.46. The van der Waals surface area contributed by atoms with Gasteiger partial charge in [0.25, 0.3) is 0 Å². The van der Waals surface area contributed by atoms with E-state index in [0.717, 1.165) is 37.1 Å². The third-order valence-electron chi connectivity index (χ3n) is 5.82. The molecule has 0 radical (unpaired) electrons. The van der Waals surface area contributed by atoms with Crippen LogP contribution in [0.3, 0.4) is 0 Å². The summed E-state index contributed by atoms with van der Waals surface area (Å²) in [4.78, 5) is 27.3. The van der Waals surface area contributed by atoms with E-state index >= 15 is 0 Å². The Balaban J connectivity index is 1.67. The minimum absolute atomic E-state index is 0.0187. The van der Waals surface area contributed by atoms with Crippen LogP contribution in [0.1, 0.15) is 49.8 Å². The minimum atomic E-state index is -0.494. The number of nitrogens with zero attached hydrogens (tertiary/aromatic N) is 1. The van der Waals surface area contributed by atoms with Crippen molar-refractivity contribution in [2.75, 3.05) is 20.2 Å². The molecule has 1 amide bonds. The topological polar surface area (TPSA) is 58.6 Å². The van der Waals surface area contributed by atoms with E-state index in [2.05, 4.69) is 22.3 Å². The van der Waals surface area contributed by atoms with E-state index in [1.54, 1.807) is 14.0 Å². The van der Waals surface area contributed by atoms with Crippen molar-refractivity contribution in [3.05, 3.63) is 65.7 Å². The molecule has 5 heteroatoms. The van der Waals surface area contributed by atoms with Crippen LogP contribution in [-0.4, -0.2) is 42.8 Å². The van der Waals surface area contributed by atoms with Gasteiger partial charge < -0.3 is 10.1 Å². The fourth-order valence-electron chi connectivity index (χ4n) is 4.13. The lowest BCUT2D eigenvalue weighted by atomic mass is 10.0. The summed E-state index contributed by atoms with van der Waals surface area (Å²) < 4.78 is 5.28. The summed E-state index contributed by atoms with van der Waals surface area (Å²) in [5.74, 6) is 0.725. The summed E-state index contributed by atoms with van der Waals surface area (Å²) in [5, 5.41) is 2.97. The number of Topliss-reactive ketones (excluding diaryl/α,β-unsaturated/α-hetero) is 1. The number of rotatable bonds is 8. The number of methoxy groups -OCH3 is 1. The molecule has 1 aliphatic heterocycles. The molecule has 2 aromatic rings. The number of hydrogen-bond acceptors (Lipinski definition) is 4. The van der Waals surface area contributed by atoms with Crippen LogP contribution in [0.4, 0.5) is 0 Å². The molecular formula is C25H32N2O3. The quantitative estimate of drug-likeness (QED) is 0.719. The summed E-state index contributed by atoms with van der Waals surface area (Å²) in [6.45, 7) is 2.72. The minimum Gasteiger partial charge on any atom is -0.497 e. The van der Waals surface area contributed by atoms with Crippen molar-refractivity contribution in [1.82, 2.24) is 10.2 Å². The Morgan fingerprint density at radius 1 is 1.07 bits per heavy atom. The van der Waals surface area contributed by atoms with Crippen molar-refractivity contribution in [2.45, 2.75) is 51.1 Å². The average Bonchev–Trinajstić information content (AvgIpc) is 2.99. The number of amides is 1. The maximum atomic E-state index is 12.9. The number of carbonyl (C=O) groups is 2. The van der Waals surface area contributed by atoms with Crippen LogP contribution >= 0.6 is 0 Å². The number of ether oxygens (including phenoxy) is 1. The van der Waals surface area contributed by atoms with Gasteiger partial charge in [-0.3, -0.25) is 14.5 Å². The van der Waals surface area contributed by atoms with Gasteiger partial charge in [-0.15, -0.1) is 0 Å². The smallest absolute Gasteiger partial charge is 0.234 e. The largest absolute Gasteiger partial charge is 0.497 e. The van der Waals surface area contributed by atoms with Crippen molar-refractivity contribution < 1.29 is 14.3 Å². The molecule has 2 atom stereocenters. The molecule has 3 rings (SSSR count). The van der Waals surface area contributed by atoms with Gasteiger partial charge in [0.15, 0.2) is 5.78 Å². The zero-order valence-electron chi connectivity index (χ0n) is 18.0. The van der Waals surface area contributed by atoms with E-state index in [-0.39, 0.29) is 17.7 Å². The van der Waals surface area contributed by atoms with Crippen molar-refractivity contribution >= 4 is 11.7 Å². The van der Waals surface area contributed by atoms with E-state index < -0.39 is 6.04 Å². The van der Waals surface area contributed by atoms with Crippen molar-refractivity contribution in [1.29, 1.82) is 0 Å². The molecule has 160 valence electrons. The van der Waals surface area contributed by atoms with E-state index in [1.165, 1.54) is 12.0 Å². The fraction of sp³-hybridized carbons (Fsp3) is 0.440. The Morgan fingerprint density at radius 3 is 2.47 bits per heavy atom. The van der Waals surface area contributed by atoms with Crippen molar-refractivity contribution in [2.24, 2.45) is 0 Å². The molecule has 1 fully saturated rings. The maximum absolute atomic E-state index is 12.9. The van der Waals surface area contributed by atoms with Crippen molar-refractivity contribution in [3.63, 3.8) is 0 Å². The molecule has 1 aliphatic rings. The molecule has 2 unspecified atom stereocenters. The van der Waals surface area contributed by atoms with Crippen LogP contribution in [0.2, 0.25) is 0 Å². The van der Waals surface area contributed by atoms with Gasteiger partial charge in [-0.1, -0.05) is 55.3 Å². The second kappa shape index (κ2) is 10.9. The zero-order chi connectivity index (χ0) is 21.3. The van der Waals surface area contributed by atoms with Crippen LogP contribution in [0.25, 0.3) is 0 Å². The molecule has 0 aliphatic carbocycles. The highest BCUT2D eigenvalue weighted by atomic mass is 16.5. The monoisotopic (exact) mass is 408 g/mol. The highest BCUT2D eigenvalue weighted by Gasteiger charge is 2.26. The van der Waals surface area contributed by atoms with E-state index in [9.17, 15) is 9.59 Å². The number of ketones is 1. The van der Waals surface area contributed by atoms with Gasteiger partial charge in [0, 0.05) is 6.04 Å². The molecule has 0 spiro atoms. The highest BCUT2D eigenvalue weighted by Crippen LogP contribution is 2.30. The fourth-order valence-corrected chi connectivity index (χ4v) is 4.13. The molecule has 0 saturated carbocycles. The molecule has 0 aromatic heterocycles. The predicted octanol–water partition coefficient (Wildman–Crippen LogP) is 3.93. The number of nitrogens with one attached hydrogen (secondary N) is 1. The Kier molecular flexibility index (Phi) is 8.03. The number of carbonyl (C=O) groups excluding carboxylic acids is 2. The van der Waals surface area contributed by atoms with E-state index in [1.807, 2.05) is 42.5 Å². The third kappa shape index (κ3) is 6.17. The Labute approximate surface area is 179 Å². The van der Waals surface area contributed by atoms with Gasteiger partial charge in [0.2, 0.25) is 5.91 Å². The van der Waals surface area contributed by atoms with Gasteiger partial charge >= 0.3 is 0 Å². The zero-order valence-corrected chi connectivity index (χ0v) is 18.0. The van der Waals surface area contributed by atoms with E-state index in [0.29, 0.717) is 13.0 Å². The van der Waals surface area contributed by atoms with Crippen LogP contribution < -0.4 is 10.1 Å². The standard InChI is InChI=1S/C25H32N2O3/c1-19(28)23(17-20-9-5-3-6-10-20)26-25(29)18-27-16-8-4-7-11-24(27)21-12-14-22(30-2)15-13-21/h3,5-6,9-10,12-15,23-24H,4,7-8,11,16-18H2,1-2H3,(H,26,29). The number of hydrogen-bond donors (Lipinski definition) is 1. The lowest BCUT2D eigenvalue weighted by molar-refractivity contribution is -0.128. The van der Waals surface area contributed by atoms with Crippen LogP contribution in [-0.2, 0) is 16.0 Å². The molecule has 1 heterocycles.